The molecule has 4 nitrogen and oxygen atoms in total. The fourth-order valence-electron chi connectivity index (χ4n) is 2.06. The number of nitrogen functional groups attached to an aromatic ring is 1. The van der Waals surface area contributed by atoms with E-state index < -0.39 is 5.82 Å². The molecule has 0 spiro atoms. The highest BCUT2D eigenvalue weighted by Gasteiger charge is 2.27. The highest BCUT2D eigenvalue weighted by atomic mass is 35.5. The Labute approximate surface area is 110 Å². The van der Waals surface area contributed by atoms with Gasteiger partial charge in [0.25, 0.3) is 0 Å². The van der Waals surface area contributed by atoms with Crippen molar-refractivity contribution in [2.24, 2.45) is 0 Å². The number of nitrogens with zero attached hydrogens (tertiary/aromatic N) is 1. The quantitative estimate of drug-likeness (QED) is 0.805. The van der Waals surface area contributed by atoms with Crippen molar-refractivity contribution < 1.29 is 14.2 Å². The molecule has 1 aliphatic heterocycles. The van der Waals surface area contributed by atoms with Crippen LogP contribution in [-0.4, -0.2) is 37.0 Å². The third-order valence-electron chi connectivity index (χ3n) is 3.09. The summed E-state index contributed by atoms with van der Waals surface area (Å²) in [7, 11) is 0. The van der Waals surface area contributed by atoms with Gasteiger partial charge in [0.2, 0.25) is 0 Å². The minimum Gasteiger partial charge on any atom is -0.397 e. The van der Waals surface area contributed by atoms with Crippen LogP contribution in [0.1, 0.15) is 6.92 Å². The van der Waals surface area contributed by atoms with E-state index in [-0.39, 0.29) is 23.8 Å². The highest BCUT2D eigenvalue weighted by Crippen LogP contribution is 2.32. The Hall–Kier alpha value is -1.04. The number of halogens is 2. The number of aliphatic hydroxyl groups excluding tert-OH is 1. The molecule has 0 saturated carbocycles. The largest absolute Gasteiger partial charge is 0.397 e. The number of hydrogen-bond donors (Lipinski definition) is 2. The number of morpholine rings is 1. The maximum absolute atomic E-state index is 13.5. The summed E-state index contributed by atoms with van der Waals surface area (Å²) in [6.07, 6.45) is -0.278. The van der Waals surface area contributed by atoms with Gasteiger partial charge in [-0.2, -0.15) is 0 Å². The van der Waals surface area contributed by atoms with Gasteiger partial charge in [-0.25, -0.2) is 4.39 Å². The number of benzene rings is 1. The van der Waals surface area contributed by atoms with Crippen LogP contribution < -0.4 is 10.6 Å². The lowest BCUT2D eigenvalue weighted by Crippen LogP contribution is -2.49. The predicted molar refractivity (Wildman–Crippen MR) is 69.5 cm³/mol. The smallest absolute Gasteiger partial charge is 0.144 e. The van der Waals surface area contributed by atoms with Gasteiger partial charge in [-0.1, -0.05) is 11.6 Å². The molecule has 0 aliphatic carbocycles. The van der Waals surface area contributed by atoms with Crippen LogP contribution in [0.15, 0.2) is 12.1 Å². The van der Waals surface area contributed by atoms with E-state index in [1.54, 1.807) is 0 Å². The SMILES string of the molecule is CC1COC(CO)CN1c1cc(F)c(Cl)cc1N. The van der Waals surface area contributed by atoms with Crippen molar-refractivity contribution in [2.75, 3.05) is 30.4 Å². The summed E-state index contributed by atoms with van der Waals surface area (Å²) < 4.78 is 19.0. The van der Waals surface area contributed by atoms with Crippen molar-refractivity contribution in [2.45, 2.75) is 19.1 Å². The lowest BCUT2D eigenvalue weighted by atomic mass is 10.1. The second kappa shape index (κ2) is 5.30. The van der Waals surface area contributed by atoms with E-state index in [1.807, 2.05) is 11.8 Å². The highest BCUT2D eigenvalue weighted by molar-refractivity contribution is 6.31. The minimum atomic E-state index is -0.500. The molecule has 2 unspecified atom stereocenters. The van der Waals surface area contributed by atoms with Gasteiger partial charge in [-0.05, 0) is 13.0 Å². The maximum atomic E-state index is 13.5. The normalized spacial score (nSPS) is 24.3. The Balaban J connectivity index is 2.31. The molecule has 1 heterocycles. The molecule has 1 aliphatic rings. The number of rotatable bonds is 2. The van der Waals surface area contributed by atoms with Crippen LogP contribution in [0, 0.1) is 5.82 Å². The Morgan fingerprint density at radius 3 is 3.00 bits per heavy atom. The molecule has 3 N–H and O–H groups in total. The molecule has 2 rings (SSSR count). The Morgan fingerprint density at radius 2 is 2.33 bits per heavy atom. The van der Waals surface area contributed by atoms with Gasteiger partial charge < -0.3 is 20.5 Å². The molecule has 0 aromatic heterocycles. The molecule has 0 bridgehead atoms. The number of aliphatic hydroxyl groups is 1. The topological polar surface area (TPSA) is 58.7 Å². The maximum Gasteiger partial charge on any atom is 0.144 e. The molecule has 2 atom stereocenters. The zero-order valence-corrected chi connectivity index (χ0v) is 10.8. The number of anilines is 2. The summed E-state index contributed by atoms with van der Waals surface area (Å²) in [6.45, 7) is 2.83. The van der Waals surface area contributed by atoms with Gasteiger partial charge in [0.05, 0.1) is 35.7 Å². The van der Waals surface area contributed by atoms with Crippen LogP contribution in [0.5, 0.6) is 0 Å². The van der Waals surface area contributed by atoms with E-state index in [4.69, 9.17) is 27.2 Å². The summed E-state index contributed by atoms with van der Waals surface area (Å²) in [6, 6.07) is 2.80. The first kappa shape index (κ1) is 13.4. The van der Waals surface area contributed by atoms with Crippen molar-refractivity contribution in [3.63, 3.8) is 0 Å². The average molecular weight is 275 g/mol. The fourth-order valence-corrected chi connectivity index (χ4v) is 2.24. The molecule has 1 fully saturated rings. The van der Waals surface area contributed by atoms with Crippen molar-refractivity contribution in [1.29, 1.82) is 0 Å². The molecule has 18 heavy (non-hydrogen) atoms. The summed E-state index contributed by atoms with van der Waals surface area (Å²) in [4.78, 5) is 1.93. The second-order valence-corrected chi connectivity index (χ2v) is 4.87. The molecule has 1 aromatic carbocycles. The molecule has 1 saturated heterocycles. The number of ether oxygens (including phenoxy) is 1. The van der Waals surface area contributed by atoms with Crippen molar-refractivity contribution >= 4 is 23.0 Å². The molecule has 0 amide bonds. The van der Waals surface area contributed by atoms with Gasteiger partial charge in [0, 0.05) is 18.7 Å². The van der Waals surface area contributed by atoms with Crippen molar-refractivity contribution in [1.82, 2.24) is 0 Å². The van der Waals surface area contributed by atoms with E-state index in [9.17, 15) is 4.39 Å². The van der Waals surface area contributed by atoms with Gasteiger partial charge in [0.1, 0.15) is 5.82 Å². The third kappa shape index (κ3) is 2.53. The summed E-state index contributed by atoms with van der Waals surface area (Å²) >= 11 is 5.68. The van der Waals surface area contributed by atoms with Crippen LogP contribution in [-0.2, 0) is 4.74 Å². The molecule has 0 radical (unpaired) electrons. The van der Waals surface area contributed by atoms with Crippen LogP contribution in [0.2, 0.25) is 5.02 Å². The third-order valence-corrected chi connectivity index (χ3v) is 3.38. The molecule has 1 aromatic rings. The number of hydrogen-bond acceptors (Lipinski definition) is 4. The van der Waals surface area contributed by atoms with Gasteiger partial charge >= 0.3 is 0 Å². The van der Waals surface area contributed by atoms with Crippen molar-refractivity contribution in [3.8, 4) is 0 Å². The van der Waals surface area contributed by atoms with Crippen LogP contribution >= 0.6 is 11.6 Å². The minimum absolute atomic E-state index is 0.0101. The van der Waals surface area contributed by atoms with E-state index >= 15 is 0 Å². The van der Waals surface area contributed by atoms with Crippen LogP contribution in [0.4, 0.5) is 15.8 Å². The summed E-state index contributed by atoms with van der Waals surface area (Å²) in [5, 5.41) is 9.14. The zero-order valence-electron chi connectivity index (χ0n) is 10.1. The first-order chi connectivity index (χ1) is 8.52. The Bertz CT molecular complexity index is 444. The van der Waals surface area contributed by atoms with Crippen LogP contribution in [0.25, 0.3) is 0 Å². The van der Waals surface area contributed by atoms with Gasteiger partial charge in [-0.15, -0.1) is 0 Å². The zero-order chi connectivity index (χ0) is 13.3. The molecule has 100 valence electrons. The molecule has 6 heteroatoms. The van der Waals surface area contributed by atoms with Crippen LogP contribution in [0.3, 0.4) is 0 Å². The summed E-state index contributed by atoms with van der Waals surface area (Å²) in [5.41, 5.74) is 6.89. The van der Waals surface area contributed by atoms with E-state index in [0.717, 1.165) is 0 Å². The van der Waals surface area contributed by atoms with E-state index in [0.29, 0.717) is 24.5 Å². The van der Waals surface area contributed by atoms with E-state index in [1.165, 1.54) is 12.1 Å². The summed E-state index contributed by atoms with van der Waals surface area (Å²) in [5.74, 6) is -0.500. The predicted octanol–water partition coefficient (Wildman–Crippen LogP) is 1.65. The average Bonchev–Trinajstić information content (AvgIpc) is 2.35. The number of nitrogens with two attached hydrogens (primary N) is 1. The monoisotopic (exact) mass is 274 g/mol. The second-order valence-electron chi connectivity index (χ2n) is 4.46. The molecular weight excluding hydrogens is 259 g/mol. The van der Waals surface area contributed by atoms with Gasteiger partial charge in [0.15, 0.2) is 0 Å². The fraction of sp³-hybridized carbons (Fsp3) is 0.500. The molecular formula is C12H16ClFN2O2. The van der Waals surface area contributed by atoms with Crippen molar-refractivity contribution in [3.05, 3.63) is 23.0 Å². The van der Waals surface area contributed by atoms with Gasteiger partial charge in [-0.3, -0.25) is 0 Å². The lowest BCUT2D eigenvalue weighted by molar-refractivity contribution is -0.0103. The Morgan fingerprint density at radius 1 is 1.61 bits per heavy atom. The van der Waals surface area contributed by atoms with E-state index in [2.05, 4.69) is 0 Å². The first-order valence-corrected chi connectivity index (χ1v) is 6.14. The Kier molecular flexibility index (Phi) is 3.94. The lowest BCUT2D eigenvalue weighted by Gasteiger charge is -2.39. The standard InChI is InChI=1S/C12H16ClFN2O2/c1-7-6-18-8(5-17)4-16(7)12-3-10(14)9(13)2-11(12)15/h2-3,7-8,17H,4-6,15H2,1H3. The first-order valence-electron chi connectivity index (χ1n) is 5.76.